The van der Waals surface area contributed by atoms with Crippen molar-refractivity contribution in [3.05, 3.63) is 59.9 Å². The quantitative estimate of drug-likeness (QED) is 0.867. The van der Waals surface area contributed by atoms with Crippen molar-refractivity contribution in [1.82, 2.24) is 4.98 Å². The molecule has 4 atom stereocenters. The highest BCUT2D eigenvalue weighted by atomic mass is 16.4. The number of hydrogen-bond donors (Lipinski definition) is 2. The van der Waals surface area contributed by atoms with Crippen molar-refractivity contribution >= 4 is 17.6 Å². The van der Waals surface area contributed by atoms with E-state index in [1.54, 1.807) is 12.4 Å². The summed E-state index contributed by atoms with van der Waals surface area (Å²) >= 11 is 0. The van der Waals surface area contributed by atoms with Gasteiger partial charge >= 0.3 is 5.97 Å². The molecule has 2 fully saturated rings. The van der Waals surface area contributed by atoms with Gasteiger partial charge in [0.1, 0.15) is 0 Å². The van der Waals surface area contributed by atoms with Crippen LogP contribution in [-0.2, 0) is 16.0 Å². The Morgan fingerprint density at radius 1 is 0.962 bits per heavy atom. The number of amides is 1. The summed E-state index contributed by atoms with van der Waals surface area (Å²) in [6.07, 6.45) is 7.15. The van der Waals surface area contributed by atoms with Crippen LogP contribution < -0.4 is 5.32 Å². The van der Waals surface area contributed by atoms with Gasteiger partial charge in [0.05, 0.1) is 11.8 Å². The number of carboxylic acids is 1. The molecule has 1 aromatic heterocycles. The lowest BCUT2D eigenvalue weighted by Gasteiger charge is -2.27. The number of carbonyl (C=O) groups is 2. The molecule has 1 heterocycles. The van der Waals surface area contributed by atoms with E-state index in [1.807, 2.05) is 36.4 Å². The van der Waals surface area contributed by atoms with Gasteiger partial charge < -0.3 is 10.4 Å². The van der Waals surface area contributed by atoms with Crippen LogP contribution in [0.2, 0.25) is 0 Å². The molecule has 2 bridgehead atoms. The van der Waals surface area contributed by atoms with Crippen molar-refractivity contribution < 1.29 is 14.7 Å². The Morgan fingerprint density at radius 2 is 1.58 bits per heavy atom. The minimum Gasteiger partial charge on any atom is -0.481 e. The third-order valence-corrected chi connectivity index (χ3v) is 5.88. The van der Waals surface area contributed by atoms with Crippen molar-refractivity contribution in [1.29, 1.82) is 0 Å². The number of nitrogens with one attached hydrogen (secondary N) is 1. The molecule has 0 spiro atoms. The molecule has 2 aliphatic rings. The first kappa shape index (κ1) is 16.8. The number of carbonyl (C=O) groups excluding carboxylic acids is 1. The maximum atomic E-state index is 12.7. The molecule has 5 heteroatoms. The molecule has 26 heavy (non-hydrogen) atoms. The number of pyridine rings is 1. The minimum atomic E-state index is -0.829. The highest BCUT2D eigenvalue weighted by molar-refractivity contribution is 5.96. The smallest absolute Gasteiger partial charge is 0.307 e. The number of benzene rings is 1. The van der Waals surface area contributed by atoms with E-state index in [1.165, 1.54) is 5.56 Å². The number of rotatable bonds is 5. The van der Waals surface area contributed by atoms with Gasteiger partial charge in [0.25, 0.3) is 0 Å². The van der Waals surface area contributed by atoms with E-state index in [0.29, 0.717) is 0 Å². The molecule has 2 aromatic rings. The zero-order chi connectivity index (χ0) is 18.1. The lowest BCUT2D eigenvalue weighted by molar-refractivity contribution is -0.148. The molecular weight excluding hydrogens is 328 g/mol. The largest absolute Gasteiger partial charge is 0.481 e. The van der Waals surface area contributed by atoms with Crippen molar-refractivity contribution in [2.75, 3.05) is 5.32 Å². The Bertz CT molecular complexity index is 804. The fraction of sp³-hybridized carbons (Fsp3) is 0.381. The van der Waals surface area contributed by atoms with Crippen LogP contribution in [0.4, 0.5) is 5.69 Å². The van der Waals surface area contributed by atoms with Crippen LogP contribution in [0, 0.1) is 23.7 Å². The van der Waals surface area contributed by atoms with Crippen LogP contribution in [0.1, 0.15) is 30.4 Å². The zero-order valence-electron chi connectivity index (χ0n) is 14.5. The van der Waals surface area contributed by atoms with Crippen molar-refractivity contribution in [2.24, 2.45) is 23.7 Å². The maximum absolute atomic E-state index is 12.7. The predicted molar refractivity (Wildman–Crippen MR) is 97.6 cm³/mol. The van der Waals surface area contributed by atoms with Gasteiger partial charge in [-0.25, -0.2) is 0 Å². The fourth-order valence-corrected chi connectivity index (χ4v) is 4.69. The summed E-state index contributed by atoms with van der Waals surface area (Å²) in [4.78, 5) is 28.3. The monoisotopic (exact) mass is 350 g/mol. The summed E-state index contributed by atoms with van der Waals surface area (Å²) in [5, 5.41) is 12.4. The fourth-order valence-electron chi connectivity index (χ4n) is 4.69. The van der Waals surface area contributed by atoms with Crippen molar-refractivity contribution in [2.45, 2.75) is 25.7 Å². The SMILES string of the molecule is O=C(Nc1ccc(Cc2ccncc2)cc1)[C@@H]1[C@@H]2CC[C@@H](C2)[C@@H]1C(=O)O. The molecular formula is C21H22N2O3. The van der Waals surface area contributed by atoms with Crippen molar-refractivity contribution in [3.63, 3.8) is 0 Å². The molecule has 2 N–H and O–H groups in total. The third-order valence-electron chi connectivity index (χ3n) is 5.88. The maximum Gasteiger partial charge on any atom is 0.307 e. The summed E-state index contributed by atoms with van der Waals surface area (Å²) < 4.78 is 0. The molecule has 4 rings (SSSR count). The Hall–Kier alpha value is -2.69. The second-order valence-corrected chi connectivity index (χ2v) is 7.44. The molecule has 134 valence electrons. The van der Waals surface area contributed by atoms with E-state index in [9.17, 15) is 14.7 Å². The van der Waals surface area contributed by atoms with E-state index in [4.69, 9.17) is 0 Å². The van der Waals surface area contributed by atoms with Crippen LogP contribution in [0.5, 0.6) is 0 Å². The van der Waals surface area contributed by atoms with Gasteiger partial charge in [0.2, 0.25) is 5.91 Å². The third kappa shape index (κ3) is 3.21. The molecule has 0 unspecified atom stereocenters. The summed E-state index contributed by atoms with van der Waals surface area (Å²) in [7, 11) is 0. The Morgan fingerprint density at radius 3 is 2.23 bits per heavy atom. The average molecular weight is 350 g/mol. The number of aromatic nitrogens is 1. The molecule has 0 radical (unpaired) electrons. The molecule has 0 aliphatic heterocycles. The molecule has 1 aromatic carbocycles. The number of anilines is 1. The first-order chi connectivity index (χ1) is 12.6. The second kappa shape index (κ2) is 6.90. The lowest BCUT2D eigenvalue weighted by atomic mass is 9.78. The van der Waals surface area contributed by atoms with Crippen molar-refractivity contribution in [3.8, 4) is 0 Å². The standard InChI is InChI=1S/C21H22N2O3/c24-20(18-15-3-4-16(12-15)19(18)21(25)26)23-17-5-1-13(2-6-17)11-14-7-9-22-10-8-14/h1-2,5-10,15-16,18-19H,3-4,11-12H2,(H,23,24)(H,25,26)/t15-,16+,18-,19+/m1/s1. The Kier molecular flexibility index (Phi) is 4.45. The lowest BCUT2D eigenvalue weighted by Crippen LogP contribution is -2.37. The number of carboxylic acid groups (broad SMARTS) is 1. The van der Waals surface area contributed by atoms with Crippen LogP contribution in [0.3, 0.4) is 0 Å². The average Bonchev–Trinajstić information content (AvgIpc) is 3.25. The zero-order valence-corrected chi connectivity index (χ0v) is 14.5. The Labute approximate surface area is 152 Å². The number of fused-ring (bicyclic) bond motifs is 2. The highest BCUT2D eigenvalue weighted by Gasteiger charge is 2.53. The summed E-state index contributed by atoms with van der Waals surface area (Å²) in [6.45, 7) is 0. The molecule has 2 aliphatic carbocycles. The Balaban J connectivity index is 1.42. The number of nitrogens with zero attached hydrogens (tertiary/aromatic N) is 1. The number of hydrogen-bond acceptors (Lipinski definition) is 3. The molecule has 2 saturated carbocycles. The van der Waals surface area contributed by atoms with Gasteiger partial charge in [-0.05, 0) is 72.9 Å². The van der Waals surface area contributed by atoms with Crippen LogP contribution in [-0.4, -0.2) is 22.0 Å². The van der Waals surface area contributed by atoms with Crippen LogP contribution in [0.15, 0.2) is 48.8 Å². The van der Waals surface area contributed by atoms with E-state index in [-0.39, 0.29) is 17.7 Å². The van der Waals surface area contributed by atoms with E-state index >= 15 is 0 Å². The van der Waals surface area contributed by atoms with Gasteiger partial charge in [0, 0.05) is 18.1 Å². The molecule has 1 amide bonds. The summed E-state index contributed by atoms with van der Waals surface area (Å²) in [5.41, 5.74) is 3.06. The summed E-state index contributed by atoms with van der Waals surface area (Å²) in [5.74, 6) is -1.53. The van der Waals surface area contributed by atoms with Crippen LogP contribution in [0.25, 0.3) is 0 Å². The van der Waals surface area contributed by atoms with E-state index < -0.39 is 17.8 Å². The number of aliphatic carboxylic acids is 1. The van der Waals surface area contributed by atoms with E-state index in [0.717, 1.165) is 36.9 Å². The van der Waals surface area contributed by atoms with Gasteiger partial charge in [0.15, 0.2) is 0 Å². The first-order valence-corrected chi connectivity index (χ1v) is 9.13. The van der Waals surface area contributed by atoms with Gasteiger partial charge in [-0.15, -0.1) is 0 Å². The van der Waals surface area contributed by atoms with Crippen LogP contribution >= 0.6 is 0 Å². The molecule has 0 saturated heterocycles. The van der Waals surface area contributed by atoms with Gasteiger partial charge in [-0.1, -0.05) is 12.1 Å². The van der Waals surface area contributed by atoms with E-state index in [2.05, 4.69) is 10.3 Å². The van der Waals surface area contributed by atoms with Gasteiger partial charge in [-0.3, -0.25) is 14.6 Å². The molecule has 5 nitrogen and oxygen atoms in total. The topological polar surface area (TPSA) is 79.3 Å². The predicted octanol–water partition coefficient (Wildman–Crippen LogP) is 3.36. The highest BCUT2D eigenvalue weighted by Crippen LogP contribution is 2.52. The summed E-state index contributed by atoms with van der Waals surface area (Å²) in [6, 6.07) is 11.7. The second-order valence-electron chi connectivity index (χ2n) is 7.44. The normalized spacial score (nSPS) is 26.6. The minimum absolute atomic E-state index is 0.147. The van der Waals surface area contributed by atoms with Gasteiger partial charge in [-0.2, -0.15) is 0 Å². The first-order valence-electron chi connectivity index (χ1n) is 9.13.